The molecule has 0 bridgehead atoms. The van der Waals surface area contributed by atoms with Crippen molar-refractivity contribution in [3.05, 3.63) is 52.6 Å². The molecule has 1 N–H and O–H groups in total. The molecule has 2 rings (SSSR count). The molecule has 5 heteroatoms. The Balaban J connectivity index is 2.19. The number of hydrogen-bond acceptors (Lipinski definition) is 2. The van der Waals surface area contributed by atoms with Crippen molar-refractivity contribution in [3.63, 3.8) is 0 Å². The maximum Gasteiger partial charge on any atom is 0.0758 e. The molecule has 0 aliphatic heterocycles. The van der Waals surface area contributed by atoms with Crippen molar-refractivity contribution in [1.29, 1.82) is 0 Å². The number of likely N-dealkylation sites (N-methyl/N-ethyl adjacent to an activating group) is 1. The van der Waals surface area contributed by atoms with Crippen molar-refractivity contribution in [2.24, 2.45) is 0 Å². The largest absolute Gasteiger partial charge is 0.313 e. The molecule has 18 heavy (non-hydrogen) atoms. The van der Waals surface area contributed by atoms with Gasteiger partial charge in [0.25, 0.3) is 0 Å². The zero-order chi connectivity index (χ0) is 13.1. The van der Waals surface area contributed by atoms with Gasteiger partial charge in [-0.15, -0.1) is 11.3 Å². The van der Waals surface area contributed by atoms with Gasteiger partial charge in [0.05, 0.1) is 7.57 Å². The van der Waals surface area contributed by atoms with E-state index in [4.69, 9.17) is 0 Å². The molecule has 1 nitrogen and oxygen atoms in total. The number of halogens is 3. The summed E-state index contributed by atoms with van der Waals surface area (Å²) in [5.41, 5.74) is 2.66. The maximum absolute atomic E-state index is 3.63. The van der Waals surface area contributed by atoms with Crippen LogP contribution in [0.2, 0.25) is 0 Å². The summed E-state index contributed by atoms with van der Waals surface area (Å²) in [6, 6.07) is 11.2. The van der Waals surface area contributed by atoms with E-state index < -0.39 is 0 Å². The Hall–Kier alpha value is 0.570. The average molecular weight is 501 g/mol. The van der Waals surface area contributed by atoms with Gasteiger partial charge in [0.2, 0.25) is 0 Å². The molecule has 0 saturated carbocycles. The summed E-state index contributed by atoms with van der Waals surface area (Å²) in [5.74, 6) is 0. The van der Waals surface area contributed by atoms with Crippen LogP contribution in [0.1, 0.15) is 17.2 Å². The van der Waals surface area contributed by atoms with Crippen LogP contribution >= 0.6 is 65.8 Å². The number of benzene rings is 1. The fourth-order valence-electron chi connectivity index (χ4n) is 1.81. The highest BCUT2D eigenvalue weighted by Gasteiger charge is 2.16. The summed E-state index contributed by atoms with van der Waals surface area (Å²) in [4.78, 5) is 0. The SMILES string of the molecule is CNC(Cc1ccc(I)cc1)c1cc(Br)sc1Br. The normalized spacial score (nSPS) is 12.7. The lowest BCUT2D eigenvalue weighted by Gasteiger charge is -2.16. The summed E-state index contributed by atoms with van der Waals surface area (Å²) >= 11 is 11.2. The second-order valence-electron chi connectivity index (χ2n) is 3.95. The molecule has 0 fully saturated rings. The van der Waals surface area contributed by atoms with Gasteiger partial charge in [-0.1, -0.05) is 12.1 Å². The van der Waals surface area contributed by atoms with Gasteiger partial charge in [-0.3, -0.25) is 0 Å². The quantitative estimate of drug-likeness (QED) is 0.556. The molecule has 2 aromatic rings. The zero-order valence-corrected chi connectivity index (χ0v) is 15.9. The first-order chi connectivity index (χ1) is 8.60. The van der Waals surface area contributed by atoms with Gasteiger partial charge in [0.15, 0.2) is 0 Å². The summed E-state index contributed by atoms with van der Waals surface area (Å²) in [6.07, 6.45) is 0.995. The topological polar surface area (TPSA) is 12.0 Å². The second-order valence-corrected chi connectivity index (χ2v) is 8.95. The van der Waals surface area contributed by atoms with E-state index in [0.717, 1.165) is 10.2 Å². The van der Waals surface area contributed by atoms with Crippen LogP contribution in [-0.2, 0) is 6.42 Å². The lowest BCUT2D eigenvalue weighted by atomic mass is 10.0. The van der Waals surface area contributed by atoms with Crippen molar-refractivity contribution >= 4 is 65.8 Å². The molecular formula is C13H12Br2INS. The van der Waals surface area contributed by atoms with Gasteiger partial charge in [0.1, 0.15) is 0 Å². The van der Waals surface area contributed by atoms with Crippen LogP contribution in [0.25, 0.3) is 0 Å². The molecule has 0 saturated heterocycles. The Morgan fingerprint density at radius 1 is 1.28 bits per heavy atom. The average Bonchev–Trinajstić information content (AvgIpc) is 2.68. The van der Waals surface area contributed by atoms with Gasteiger partial charge in [-0.05, 0) is 97.2 Å². The lowest BCUT2D eigenvalue weighted by molar-refractivity contribution is 0.592. The molecule has 0 spiro atoms. The lowest BCUT2D eigenvalue weighted by Crippen LogP contribution is -2.18. The Bertz CT molecular complexity index is 524. The molecule has 0 radical (unpaired) electrons. The molecule has 1 aromatic carbocycles. The van der Waals surface area contributed by atoms with Crippen molar-refractivity contribution < 1.29 is 0 Å². The Labute approximate surface area is 142 Å². The van der Waals surface area contributed by atoms with Crippen LogP contribution in [0.4, 0.5) is 0 Å². The van der Waals surface area contributed by atoms with E-state index in [0.29, 0.717) is 6.04 Å². The van der Waals surface area contributed by atoms with E-state index in [1.807, 2.05) is 7.05 Å². The summed E-state index contributed by atoms with van der Waals surface area (Å²) in [6.45, 7) is 0. The van der Waals surface area contributed by atoms with Gasteiger partial charge in [-0.25, -0.2) is 0 Å². The first-order valence-electron chi connectivity index (χ1n) is 5.46. The standard InChI is InChI=1S/C13H12Br2INS/c1-17-11(10-7-12(14)18-13(10)15)6-8-2-4-9(16)5-3-8/h2-5,7,11,17H,6H2,1H3. The summed E-state index contributed by atoms with van der Waals surface area (Å²) in [5, 5.41) is 3.39. The molecule has 1 atom stereocenters. The Morgan fingerprint density at radius 2 is 1.94 bits per heavy atom. The van der Waals surface area contributed by atoms with Crippen LogP contribution in [0.15, 0.2) is 37.9 Å². The van der Waals surface area contributed by atoms with Gasteiger partial charge < -0.3 is 5.32 Å². The molecule has 1 unspecified atom stereocenters. The zero-order valence-electron chi connectivity index (χ0n) is 9.71. The molecular weight excluding hydrogens is 489 g/mol. The molecule has 0 aliphatic carbocycles. The van der Waals surface area contributed by atoms with Gasteiger partial charge in [-0.2, -0.15) is 0 Å². The monoisotopic (exact) mass is 499 g/mol. The third-order valence-corrected chi connectivity index (χ3v) is 5.86. The predicted octanol–water partition coefficient (Wildman–Crippen LogP) is 5.38. The number of thiophene rings is 1. The highest BCUT2D eigenvalue weighted by Crippen LogP contribution is 2.36. The summed E-state index contributed by atoms with van der Waals surface area (Å²) in [7, 11) is 2.01. The molecule has 1 heterocycles. The molecule has 1 aromatic heterocycles. The van der Waals surface area contributed by atoms with Crippen molar-refractivity contribution in [3.8, 4) is 0 Å². The Kier molecular flexibility index (Phi) is 5.68. The highest BCUT2D eigenvalue weighted by atomic mass is 127. The van der Waals surface area contributed by atoms with Crippen molar-refractivity contribution in [2.45, 2.75) is 12.5 Å². The number of rotatable bonds is 4. The third-order valence-electron chi connectivity index (χ3n) is 2.76. The van der Waals surface area contributed by atoms with Gasteiger partial charge >= 0.3 is 0 Å². The maximum atomic E-state index is 3.63. The third kappa shape index (κ3) is 3.79. The fourth-order valence-corrected chi connectivity index (χ4v) is 5.15. The minimum Gasteiger partial charge on any atom is -0.313 e. The second kappa shape index (κ2) is 6.83. The molecule has 96 valence electrons. The first-order valence-corrected chi connectivity index (χ1v) is 8.94. The number of nitrogens with one attached hydrogen (secondary N) is 1. The van der Waals surface area contributed by atoms with Crippen molar-refractivity contribution in [2.75, 3.05) is 7.05 Å². The van der Waals surface area contributed by atoms with E-state index in [2.05, 4.69) is 90.1 Å². The minimum atomic E-state index is 0.335. The van der Waals surface area contributed by atoms with Crippen LogP contribution in [0.5, 0.6) is 0 Å². The van der Waals surface area contributed by atoms with Crippen LogP contribution in [-0.4, -0.2) is 7.05 Å². The van der Waals surface area contributed by atoms with Gasteiger partial charge in [0, 0.05) is 9.61 Å². The van der Waals surface area contributed by atoms with Crippen LogP contribution < -0.4 is 5.32 Å². The molecule has 0 amide bonds. The van der Waals surface area contributed by atoms with E-state index >= 15 is 0 Å². The van der Waals surface area contributed by atoms with Crippen molar-refractivity contribution in [1.82, 2.24) is 5.32 Å². The van der Waals surface area contributed by atoms with E-state index in [1.165, 1.54) is 18.5 Å². The van der Waals surface area contributed by atoms with Crippen LogP contribution in [0.3, 0.4) is 0 Å². The fraction of sp³-hybridized carbons (Fsp3) is 0.231. The smallest absolute Gasteiger partial charge is 0.0758 e. The molecule has 0 aliphatic rings. The van der Waals surface area contributed by atoms with E-state index in [-0.39, 0.29) is 0 Å². The minimum absolute atomic E-state index is 0.335. The highest BCUT2D eigenvalue weighted by molar-refractivity contribution is 14.1. The number of hydrogen-bond donors (Lipinski definition) is 1. The first kappa shape index (κ1) is 15.0. The van der Waals surface area contributed by atoms with E-state index in [1.54, 1.807) is 11.3 Å². The predicted molar refractivity (Wildman–Crippen MR) is 94.4 cm³/mol. The van der Waals surface area contributed by atoms with Crippen LogP contribution in [0, 0.1) is 3.57 Å². The Morgan fingerprint density at radius 3 is 2.44 bits per heavy atom. The summed E-state index contributed by atoms with van der Waals surface area (Å²) < 4.78 is 3.63. The van der Waals surface area contributed by atoms with E-state index in [9.17, 15) is 0 Å².